The number of nitrogens with zero attached hydrogens (tertiary/aromatic N) is 5. The van der Waals surface area contributed by atoms with Crippen molar-refractivity contribution in [3.63, 3.8) is 0 Å². The van der Waals surface area contributed by atoms with Crippen molar-refractivity contribution in [3.05, 3.63) is 108 Å². The molecule has 1 unspecified atom stereocenters. The van der Waals surface area contributed by atoms with Crippen molar-refractivity contribution in [2.45, 2.75) is 58.2 Å². The number of carbonyl (C=O) groups is 1. The molecule has 6 nitrogen and oxygen atoms in total. The van der Waals surface area contributed by atoms with Crippen molar-refractivity contribution < 1.29 is 13.6 Å². The smallest absolute Gasteiger partial charge is 0.258 e. The first-order valence-electron chi connectivity index (χ1n) is 14.3. The molecular formula is C33H33F2N5O. The molecule has 1 amide bonds. The summed E-state index contributed by atoms with van der Waals surface area (Å²) in [4.78, 5) is 16.5. The van der Waals surface area contributed by atoms with Crippen LogP contribution in [0.15, 0.2) is 91.1 Å². The molecule has 0 bridgehead atoms. The lowest BCUT2D eigenvalue weighted by Crippen LogP contribution is -2.47. The summed E-state index contributed by atoms with van der Waals surface area (Å²) < 4.78 is 32.2. The number of amides is 1. The van der Waals surface area contributed by atoms with Crippen LogP contribution in [-0.2, 0) is 6.54 Å². The van der Waals surface area contributed by atoms with Gasteiger partial charge in [-0.3, -0.25) is 9.48 Å². The van der Waals surface area contributed by atoms with E-state index in [0.29, 0.717) is 34.8 Å². The van der Waals surface area contributed by atoms with Crippen LogP contribution in [-0.4, -0.2) is 42.3 Å². The van der Waals surface area contributed by atoms with Crippen LogP contribution in [0.5, 0.6) is 0 Å². The number of aromatic nitrogens is 4. The number of fused-ring (bicyclic) bond motifs is 2. The number of allylic oxidation sites excluding steroid dienone is 6. The maximum atomic E-state index is 15.0. The Kier molecular flexibility index (Phi) is 7.39. The van der Waals surface area contributed by atoms with Crippen molar-refractivity contribution in [1.29, 1.82) is 0 Å². The summed E-state index contributed by atoms with van der Waals surface area (Å²) in [7, 11) is 0. The summed E-state index contributed by atoms with van der Waals surface area (Å²) in [5, 5.41) is 9.45. The monoisotopic (exact) mass is 553 g/mol. The molecule has 1 saturated carbocycles. The topological polar surface area (TPSA) is 55.4 Å². The summed E-state index contributed by atoms with van der Waals surface area (Å²) in [6.07, 6.45) is 14.0. The van der Waals surface area contributed by atoms with Crippen LogP contribution in [0.1, 0.15) is 55.6 Å². The minimum atomic E-state index is -0.409. The molecule has 210 valence electrons. The summed E-state index contributed by atoms with van der Waals surface area (Å²) in [6, 6.07) is 14.1. The zero-order valence-corrected chi connectivity index (χ0v) is 23.3. The van der Waals surface area contributed by atoms with E-state index in [0.717, 1.165) is 37.0 Å². The highest BCUT2D eigenvalue weighted by Gasteiger charge is 2.50. The molecule has 1 aliphatic heterocycles. The van der Waals surface area contributed by atoms with Gasteiger partial charge in [0.05, 0.1) is 29.4 Å². The molecule has 4 aromatic rings. The molecule has 2 fully saturated rings. The van der Waals surface area contributed by atoms with E-state index >= 15 is 0 Å². The van der Waals surface area contributed by atoms with Crippen LogP contribution in [0.4, 0.5) is 8.78 Å². The van der Waals surface area contributed by atoms with Crippen molar-refractivity contribution in [2.24, 2.45) is 5.92 Å². The van der Waals surface area contributed by atoms with Gasteiger partial charge in [-0.1, -0.05) is 43.4 Å². The Labute approximate surface area is 238 Å². The number of likely N-dealkylation sites (tertiary alicyclic amines) is 1. The Balaban J connectivity index is 1.33. The number of halogens is 2. The molecule has 1 aromatic carbocycles. The van der Waals surface area contributed by atoms with Gasteiger partial charge >= 0.3 is 0 Å². The molecule has 0 N–H and O–H groups in total. The lowest BCUT2D eigenvalue weighted by Gasteiger charge is -2.36. The van der Waals surface area contributed by atoms with Gasteiger partial charge in [-0.05, 0) is 80.5 Å². The lowest BCUT2D eigenvalue weighted by molar-refractivity contribution is 0.0559. The highest BCUT2D eigenvalue weighted by Crippen LogP contribution is 2.47. The van der Waals surface area contributed by atoms with Gasteiger partial charge in [0.1, 0.15) is 17.3 Å². The quantitative estimate of drug-likeness (QED) is 0.216. The first-order valence-corrected chi connectivity index (χ1v) is 14.3. The number of hydrogen-bond donors (Lipinski definition) is 0. The third kappa shape index (κ3) is 5.26. The van der Waals surface area contributed by atoms with E-state index in [-0.39, 0.29) is 23.8 Å². The van der Waals surface area contributed by atoms with Crippen LogP contribution in [0.3, 0.4) is 0 Å². The van der Waals surface area contributed by atoms with Gasteiger partial charge in [-0.2, -0.15) is 10.2 Å². The maximum absolute atomic E-state index is 15.0. The fourth-order valence-corrected chi connectivity index (χ4v) is 5.95. The zero-order valence-electron chi connectivity index (χ0n) is 23.3. The molecule has 0 radical (unpaired) electrons. The van der Waals surface area contributed by atoms with E-state index in [1.54, 1.807) is 41.9 Å². The Bertz CT molecular complexity index is 1680. The fourth-order valence-electron chi connectivity index (χ4n) is 5.95. The molecular weight excluding hydrogens is 520 g/mol. The SMILES string of the molecule is C\C=C(F)/C=C\C(=C\CC)c1ccn(C[C@@H]2CC[C@@H]3CC3N2C(=O)c2c(-c3ccccc3F)nn3ccccc23)n1. The number of carbonyl (C=O) groups excluding carboxylic acids is 1. The molecule has 6 rings (SSSR count). The Morgan fingerprint density at radius 1 is 1.05 bits per heavy atom. The summed E-state index contributed by atoms with van der Waals surface area (Å²) >= 11 is 0. The van der Waals surface area contributed by atoms with E-state index < -0.39 is 5.82 Å². The molecule has 3 atom stereocenters. The summed E-state index contributed by atoms with van der Waals surface area (Å²) in [5.74, 6) is -0.338. The van der Waals surface area contributed by atoms with Crippen LogP contribution in [0, 0.1) is 11.7 Å². The van der Waals surface area contributed by atoms with Crippen molar-refractivity contribution >= 4 is 17.0 Å². The van der Waals surface area contributed by atoms with Gasteiger partial charge in [0, 0.05) is 24.0 Å². The average molecular weight is 554 g/mol. The van der Waals surface area contributed by atoms with Gasteiger partial charge < -0.3 is 4.90 Å². The van der Waals surface area contributed by atoms with Crippen LogP contribution in [0.25, 0.3) is 22.3 Å². The number of rotatable bonds is 8. The Morgan fingerprint density at radius 3 is 2.68 bits per heavy atom. The standard InChI is InChI=1S/C33H33F2N5O/c1-3-9-22(13-15-24(34)4-2)28-17-19-38(36-28)21-25-16-14-23-20-30(23)40(25)33(41)31-29-12-7-8-18-39(29)37-32(31)26-10-5-6-11-27(26)35/h4-13,15,17-19,23,25,30H,3,14,16,20-21H2,1-2H3/b15-13-,22-9-,24-4+/t23-,25+,30?/m1/s1. The second kappa shape index (κ2) is 11.3. The number of hydrogen-bond acceptors (Lipinski definition) is 3. The largest absolute Gasteiger partial charge is 0.330 e. The first-order chi connectivity index (χ1) is 20.0. The third-order valence-electron chi connectivity index (χ3n) is 8.08. The molecule has 1 saturated heterocycles. The van der Waals surface area contributed by atoms with Gasteiger partial charge in [-0.25, -0.2) is 13.3 Å². The second-order valence-electron chi connectivity index (χ2n) is 10.7. The van der Waals surface area contributed by atoms with Gasteiger partial charge in [0.15, 0.2) is 0 Å². The minimum absolute atomic E-state index is 0.0688. The number of pyridine rings is 1. The summed E-state index contributed by atoms with van der Waals surface area (Å²) in [6.45, 7) is 4.23. The Morgan fingerprint density at radius 2 is 1.88 bits per heavy atom. The average Bonchev–Trinajstić information content (AvgIpc) is 3.45. The van der Waals surface area contributed by atoms with E-state index in [1.165, 1.54) is 18.2 Å². The molecule has 41 heavy (non-hydrogen) atoms. The maximum Gasteiger partial charge on any atom is 0.258 e. The second-order valence-corrected chi connectivity index (χ2v) is 10.7. The normalized spacial score (nSPS) is 21.1. The van der Waals surface area contributed by atoms with Crippen molar-refractivity contribution in [3.8, 4) is 11.3 Å². The number of piperidine rings is 1. The predicted octanol–water partition coefficient (Wildman–Crippen LogP) is 7.25. The minimum Gasteiger partial charge on any atom is -0.330 e. The van der Waals surface area contributed by atoms with Crippen molar-refractivity contribution in [1.82, 2.24) is 24.3 Å². The van der Waals surface area contributed by atoms with Gasteiger partial charge in [0.2, 0.25) is 0 Å². The van der Waals surface area contributed by atoms with E-state index in [9.17, 15) is 13.6 Å². The highest BCUT2D eigenvalue weighted by atomic mass is 19.1. The zero-order chi connectivity index (χ0) is 28.5. The third-order valence-corrected chi connectivity index (χ3v) is 8.08. The Hall–Kier alpha value is -4.33. The van der Waals surface area contributed by atoms with Gasteiger partial charge in [-0.15, -0.1) is 0 Å². The van der Waals surface area contributed by atoms with E-state index in [2.05, 4.69) is 5.10 Å². The van der Waals surface area contributed by atoms with Crippen LogP contribution in [0.2, 0.25) is 0 Å². The van der Waals surface area contributed by atoms with Gasteiger partial charge in [0.25, 0.3) is 5.91 Å². The van der Waals surface area contributed by atoms with Crippen LogP contribution < -0.4 is 0 Å². The molecule has 1 aliphatic carbocycles. The number of benzene rings is 1. The lowest BCUT2D eigenvalue weighted by atomic mass is 9.99. The predicted molar refractivity (Wildman–Crippen MR) is 156 cm³/mol. The highest BCUT2D eigenvalue weighted by molar-refractivity contribution is 6.07. The first kappa shape index (κ1) is 26.9. The van der Waals surface area contributed by atoms with E-state index in [4.69, 9.17) is 5.10 Å². The van der Waals surface area contributed by atoms with Crippen LogP contribution >= 0.6 is 0 Å². The fraction of sp³-hybridized carbons (Fsp3) is 0.303. The van der Waals surface area contributed by atoms with E-state index in [1.807, 2.05) is 53.0 Å². The molecule has 4 heterocycles. The molecule has 8 heteroatoms. The van der Waals surface area contributed by atoms with Crippen molar-refractivity contribution in [2.75, 3.05) is 0 Å². The molecule has 3 aromatic heterocycles. The molecule has 2 aliphatic rings. The molecule has 0 spiro atoms. The summed E-state index contributed by atoms with van der Waals surface area (Å²) in [5.41, 5.74) is 3.37.